The first-order valence-corrected chi connectivity index (χ1v) is 0. The zero-order valence-corrected chi connectivity index (χ0v) is 5.57. The first-order chi connectivity index (χ1) is 0. The van der Waals surface area contributed by atoms with Gasteiger partial charge in [-0.2, -0.15) is 0 Å². The fourth-order valence-corrected chi connectivity index (χ4v) is 0. The Morgan fingerprint density at radius 3 is 1.00 bits per heavy atom. The second-order valence-corrected chi connectivity index (χ2v) is 0. The maximum atomic E-state index is 0. The Hall–Kier alpha value is 2.90. The predicted molar refractivity (Wildman–Crippen MR) is 27.9 cm³/mol. The molecule has 0 spiro atoms. The van der Waals surface area contributed by atoms with Crippen LogP contribution in [0.5, 0.6) is 0 Å². The van der Waals surface area contributed by atoms with E-state index in [0.717, 1.165) is 0 Å². The summed E-state index contributed by atoms with van der Waals surface area (Å²) >= 11 is 0. The van der Waals surface area contributed by atoms with Crippen molar-refractivity contribution in [3.8, 4) is 0 Å². The van der Waals surface area contributed by atoms with Crippen molar-refractivity contribution >= 4 is 90.1 Å². The van der Waals surface area contributed by atoms with Gasteiger partial charge in [0.1, 0.15) is 0 Å². The topological polar surface area (TPSA) is 31.5 Å². The molecule has 0 aromatic carbocycles. The van der Waals surface area contributed by atoms with E-state index in [-0.39, 0.29) is 95.6 Å². The molecule has 0 aromatic rings. The van der Waals surface area contributed by atoms with Crippen molar-refractivity contribution in [2.75, 3.05) is 0 Å². The quantitative estimate of drug-likeness (QED) is 0.413. The van der Waals surface area contributed by atoms with Gasteiger partial charge < -0.3 is 5.48 Å². The van der Waals surface area contributed by atoms with E-state index in [2.05, 4.69) is 0 Å². The minimum atomic E-state index is 0. The van der Waals surface area contributed by atoms with E-state index in [1.807, 2.05) is 0 Å². The van der Waals surface area contributed by atoms with E-state index in [0.29, 0.717) is 0 Å². The van der Waals surface area contributed by atoms with Crippen LogP contribution in [0.15, 0.2) is 0 Å². The first kappa shape index (κ1) is 28.6. The van der Waals surface area contributed by atoms with Gasteiger partial charge in [0.2, 0.25) is 0 Å². The minimum absolute atomic E-state index is 0. The molecule has 0 rings (SSSR count). The summed E-state index contributed by atoms with van der Waals surface area (Å²) in [5.74, 6) is 0. The molecule has 21 valence electrons. The van der Waals surface area contributed by atoms with E-state index in [4.69, 9.17) is 0 Å². The molecule has 0 aliphatic heterocycles. The third-order valence-corrected chi connectivity index (χ3v) is 0. The van der Waals surface area contributed by atoms with Crippen molar-refractivity contribution in [2.45, 2.75) is 0 Å². The molecule has 0 unspecified atom stereocenters. The standard InChI is InChI=1S/Al.H2O.Sr.Tl.5H/h;1H2;;;;;;;. The van der Waals surface area contributed by atoms with Crippen LogP contribution in [0, 0.1) is 0 Å². The van der Waals surface area contributed by atoms with E-state index < -0.39 is 0 Å². The predicted octanol–water partition coefficient (Wildman–Crippen LogP) is -3.31. The Kier molecular flexibility index (Phi) is 120. The van der Waals surface area contributed by atoms with Crippen molar-refractivity contribution < 1.29 is 5.48 Å². The number of rotatable bonds is 0. The van der Waals surface area contributed by atoms with Crippen LogP contribution in [0.2, 0.25) is 0 Å². The normalized spacial score (nSPS) is 0. The third-order valence-electron chi connectivity index (χ3n) is 0. The Balaban J connectivity index is 0. The van der Waals surface area contributed by atoms with Gasteiger partial charge in [-0.3, -0.25) is 0 Å². The fourth-order valence-electron chi connectivity index (χ4n) is 0. The maximum absolute atomic E-state index is 0. The van der Waals surface area contributed by atoms with Gasteiger partial charge in [0.05, 0.1) is 0 Å². The van der Waals surface area contributed by atoms with Crippen LogP contribution >= 0.6 is 0 Å². The van der Waals surface area contributed by atoms with Crippen molar-refractivity contribution in [1.29, 1.82) is 0 Å². The van der Waals surface area contributed by atoms with Crippen molar-refractivity contribution in [1.82, 2.24) is 0 Å². The molecule has 1 nitrogen and oxygen atoms in total. The van der Waals surface area contributed by atoms with Crippen LogP contribution in [0.25, 0.3) is 0 Å². The summed E-state index contributed by atoms with van der Waals surface area (Å²) in [6, 6.07) is 0. The van der Waals surface area contributed by atoms with E-state index in [1.54, 1.807) is 0 Å². The van der Waals surface area contributed by atoms with Crippen LogP contribution in [0.4, 0.5) is 0 Å². The SMILES string of the molecule is O.[AlH3].[SrH2].[Tl]. The molecule has 0 aromatic heterocycles. The molecule has 0 bridgehead atoms. The Labute approximate surface area is 93.4 Å². The first-order valence-electron chi connectivity index (χ1n) is 0. The smallest absolute Gasteiger partial charge is 0 e. The van der Waals surface area contributed by atoms with Crippen molar-refractivity contribution in [3.05, 3.63) is 0 Å². The van der Waals surface area contributed by atoms with E-state index in [9.17, 15) is 0 Å². The molecular formula is H7AlOSrTl. The van der Waals surface area contributed by atoms with E-state index in [1.165, 1.54) is 0 Å². The molecule has 0 saturated heterocycles. The van der Waals surface area contributed by atoms with Gasteiger partial charge in [-0.1, -0.05) is 0 Å². The van der Waals surface area contributed by atoms with E-state index >= 15 is 0 Å². The molecule has 2 N–H and O–H groups in total. The Bertz CT molecular complexity index is 8.00. The molecule has 4 heavy (non-hydrogen) atoms. The van der Waals surface area contributed by atoms with Crippen LogP contribution in [-0.2, 0) is 0 Å². The Morgan fingerprint density at radius 1 is 1.00 bits per heavy atom. The third kappa shape index (κ3) is 8.86. The summed E-state index contributed by atoms with van der Waals surface area (Å²) in [7, 11) is 0. The van der Waals surface area contributed by atoms with Gasteiger partial charge in [0, 0.05) is 27.3 Å². The zero-order chi connectivity index (χ0) is 0. The summed E-state index contributed by atoms with van der Waals surface area (Å²) in [5.41, 5.74) is 0. The van der Waals surface area contributed by atoms with Crippen molar-refractivity contribution in [2.24, 2.45) is 0 Å². The van der Waals surface area contributed by atoms with Gasteiger partial charge in [-0.05, 0) is 0 Å². The summed E-state index contributed by atoms with van der Waals surface area (Å²) in [5, 5.41) is 0. The van der Waals surface area contributed by atoms with Gasteiger partial charge in [0.25, 0.3) is 0 Å². The molecule has 0 fully saturated rings. The molecule has 4 heteroatoms. The van der Waals surface area contributed by atoms with Crippen molar-refractivity contribution in [3.63, 3.8) is 0 Å². The molecule has 1 radical (unpaired) electrons. The molecular weight excluding hydrogens is 335 g/mol. The summed E-state index contributed by atoms with van der Waals surface area (Å²) < 4.78 is 0. The minimum Gasteiger partial charge on any atom is 0 e. The second kappa shape index (κ2) is 16.9. The van der Waals surface area contributed by atoms with Gasteiger partial charge in [-0.25, -0.2) is 0 Å². The van der Waals surface area contributed by atoms with Gasteiger partial charge in [0.15, 0.2) is 17.4 Å². The zero-order valence-electron chi connectivity index (χ0n) is 1.08. The summed E-state index contributed by atoms with van der Waals surface area (Å²) in [6.07, 6.45) is 0. The van der Waals surface area contributed by atoms with Crippen LogP contribution in [0.1, 0.15) is 0 Å². The summed E-state index contributed by atoms with van der Waals surface area (Å²) in [6.45, 7) is 0. The number of hydrogen-bond donors (Lipinski definition) is 0. The van der Waals surface area contributed by atoms with Crippen LogP contribution < -0.4 is 0 Å². The van der Waals surface area contributed by atoms with Gasteiger partial charge >= 0.3 is 45.5 Å². The average molecular weight is 342 g/mol. The molecule has 0 saturated carbocycles. The van der Waals surface area contributed by atoms with Crippen LogP contribution in [-0.4, -0.2) is 95.6 Å². The molecule has 0 amide bonds. The van der Waals surface area contributed by atoms with Gasteiger partial charge in [-0.15, -0.1) is 0 Å². The number of hydrogen-bond acceptors (Lipinski definition) is 0. The molecule has 0 atom stereocenters. The summed E-state index contributed by atoms with van der Waals surface area (Å²) in [4.78, 5) is 0. The fraction of sp³-hybridized carbons (Fsp3) is 0. The van der Waals surface area contributed by atoms with Crippen LogP contribution in [0.3, 0.4) is 0 Å². The second-order valence-electron chi connectivity index (χ2n) is 0. The molecule has 0 heterocycles. The Morgan fingerprint density at radius 2 is 1.00 bits per heavy atom. The molecule has 0 aliphatic carbocycles. The molecule has 0 aliphatic rings. The monoisotopic (exact) mass is 343 g/mol. The largest absolute Gasteiger partial charge is 0 e. The average Bonchev–Trinajstić information content (AvgIpc) is 0. The maximum Gasteiger partial charge on any atom is 0 e.